The number of nitrogens with zero attached hydrogens (tertiary/aromatic N) is 3. The number of aryl methyl sites for hydroxylation is 2. The van der Waals surface area contributed by atoms with Gasteiger partial charge in [-0.25, -0.2) is 0 Å². The van der Waals surface area contributed by atoms with Gasteiger partial charge in [0.15, 0.2) is 5.82 Å². The van der Waals surface area contributed by atoms with Gasteiger partial charge in [0.25, 0.3) is 0 Å². The Balaban J connectivity index is 1.71. The van der Waals surface area contributed by atoms with Crippen LogP contribution in [0.3, 0.4) is 0 Å². The molecule has 122 valence electrons. The van der Waals surface area contributed by atoms with Gasteiger partial charge in [0.2, 0.25) is 11.8 Å². The summed E-state index contributed by atoms with van der Waals surface area (Å²) in [5.41, 5.74) is 2.31. The summed E-state index contributed by atoms with van der Waals surface area (Å²) in [4.78, 5) is 19.1. The van der Waals surface area contributed by atoms with E-state index in [2.05, 4.69) is 23.1 Å². The average Bonchev–Trinajstić information content (AvgIpc) is 2.97. The number of carbonyl (C=O) groups excluding carboxylic acids is 1. The smallest absolute Gasteiger partial charge is 0.240 e. The molecule has 1 aromatic heterocycles. The normalized spacial score (nSPS) is 18.6. The van der Waals surface area contributed by atoms with Crippen LogP contribution in [0.2, 0.25) is 0 Å². The third kappa shape index (κ3) is 3.42. The van der Waals surface area contributed by atoms with Gasteiger partial charge in [-0.05, 0) is 45.2 Å². The first-order valence-electron chi connectivity index (χ1n) is 7.88. The van der Waals surface area contributed by atoms with E-state index in [0.717, 1.165) is 18.5 Å². The van der Waals surface area contributed by atoms with E-state index in [0.29, 0.717) is 17.5 Å². The molecule has 0 radical (unpaired) electrons. The molecule has 23 heavy (non-hydrogen) atoms. The van der Waals surface area contributed by atoms with Gasteiger partial charge in [0, 0.05) is 11.7 Å². The van der Waals surface area contributed by atoms with Crippen molar-refractivity contribution in [3.8, 4) is 0 Å². The lowest BCUT2D eigenvalue weighted by Crippen LogP contribution is -2.45. The number of benzene rings is 1. The SMILES string of the molecule is Cc1noc(CSC(C)C(=O)N2c3ccccc3CCC2C)n1. The molecular weight excluding hydrogens is 310 g/mol. The summed E-state index contributed by atoms with van der Waals surface area (Å²) >= 11 is 1.53. The summed E-state index contributed by atoms with van der Waals surface area (Å²) in [7, 11) is 0. The van der Waals surface area contributed by atoms with Gasteiger partial charge in [0.05, 0.1) is 11.0 Å². The third-order valence-corrected chi connectivity index (χ3v) is 5.25. The number of hydrogen-bond acceptors (Lipinski definition) is 5. The second-order valence-corrected chi connectivity index (χ2v) is 7.24. The predicted molar refractivity (Wildman–Crippen MR) is 91.5 cm³/mol. The molecule has 1 amide bonds. The van der Waals surface area contributed by atoms with Gasteiger partial charge in [-0.2, -0.15) is 4.98 Å². The van der Waals surface area contributed by atoms with E-state index in [-0.39, 0.29) is 17.2 Å². The lowest BCUT2D eigenvalue weighted by atomic mass is 9.96. The maximum absolute atomic E-state index is 12.9. The molecular formula is C17H21N3O2S. The fourth-order valence-corrected chi connectivity index (χ4v) is 3.65. The van der Waals surface area contributed by atoms with E-state index in [4.69, 9.17) is 4.52 Å². The predicted octanol–water partition coefficient (Wildman–Crippen LogP) is 3.37. The van der Waals surface area contributed by atoms with Gasteiger partial charge in [-0.1, -0.05) is 23.4 Å². The Morgan fingerprint density at radius 3 is 3.00 bits per heavy atom. The molecule has 2 heterocycles. The van der Waals surface area contributed by atoms with E-state index in [9.17, 15) is 4.79 Å². The minimum atomic E-state index is -0.157. The van der Waals surface area contributed by atoms with Crippen molar-refractivity contribution in [3.63, 3.8) is 0 Å². The Bertz CT molecular complexity index is 701. The lowest BCUT2D eigenvalue weighted by Gasteiger charge is -2.36. The number of thioether (sulfide) groups is 1. The van der Waals surface area contributed by atoms with Crippen LogP contribution in [0, 0.1) is 6.92 Å². The Kier molecular flexibility index (Phi) is 4.71. The summed E-state index contributed by atoms with van der Waals surface area (Å²) in [6.07, 6.45) is 2.03. The molecule has 1 aliphatic rings. The molecule has 0 saturated carbocycles. The first-order valence-corrected chi connectivity index (χ1v) is 8.93. The van der Waals surface area contributed by atoms with Gasteiger partial charge >= 0.3 is 0 Å². The highest BCUT2D eigenvalue weighted by atomic mass is 32.2. The molecule has 3 rings (SSSR count). The number of anilines is 1. The van der Waals surface area contributed by atoms with Gasteiger partial charge in [-0.15, -0.1) is 11.8 Å². The summed E-state index contributed by atoms with van der Waals surface area (Å²) in [5, 5.41) is 3.62. The highest BCUT2D eigenvalue weighted by molar-refractivity contribution is 7.99. The van der Waals surface area contributed by atoms with Crippen molar-refractivity contribution in [2.45, 2.75) is 50.7 Å². The van der Waals surface area contributed by atoms with Crippen molar-refractivity contribution >= 4 is 23.4 Å². The number of carbonyl (C=O) groups is 1. The highest BCUT2D eigenvalue weighted by Gasteiger charge is 2.31. The average molecular weight is 331 g/mol. The van der Waals surface area contributed by atoms with Crippen molar-refractivity contribution in [2.24, 2.45) is 0 Å². The molecule has 0 saturated heterocycles. The zero-order valence-corrected chi connectivity index (χ0v) is 14.5. The number of rotatable bonds is 4. The number of fused-ring (bicyclic) bond motifs is 1. The van der Waals surface area contributed by atoms with Crippen molar-refractivity contribution in [1.82, 2.24) is 10.1 Å². The van der Waals surface area contributed by atoms with Crippen molar-refractivity contribution in [1.29, 1.82) is 0 Å². The highest BCUT2D eigenvalue weighted by Crippen LogP contribution is 2.32. The standard InChI is InChI=1S/C17H21N3O2S/c1-11-8-9-14-6-4-5-7-15(14)20(11)17(21)12(2)23-10-16-18-13(3)19-22-16/h4-7,11-12H,8-10H2,1-3H3. The molecule has 0 N–H and O–H groups in total. The molecule has 5 nitrogen and oxygen atoms in total. The fraction of sp³-hybridized carbons (Fsp3) is 0.471. The number of amides is 1. The van der Waals surface area contributed by atoms with E-state index < -0.39 is 0 Å². The molecule has 2 unspecified atom stereocenters. The maximum Gasteiger partial charge on any atom is 0.240 e. The molecule has 0 aliphatic carbocycles. The van der Waals surface area contributed by atoms with Crippen LogP contribution in [0.5, 0.6) is 0 Å². The quantitative estimate of drug-likeness (QED) is 0.860. The third-order valence-electron chi connectivity index (χ3n) is 4.14. The van der Waals surface area contributed by atoms with Gasteiger partial charge in [0.1, 0.15) is 0 Å². The second kappa shape index (κ2) is 6.74. The fourth-order valence-electron chi connectivity index (χ4n) is 2.89. The van der Waals surface area contributed by atoms with Crippen LogP contribution in [0.1, 0.15) is 37.5 Å². The lowest BCUT2D eigenvalue weighted by molar-refractivity contribution is -0.118. The molecule has 0 fully saturated rings. The topological polar surface area (TPSA) is 59.2 Å². The Labute approximate surface area is 140 Å². The van der Waals surface area contributed by atoms with Crippen molar-refractivity contribution in [2.75, 3.05) is 4.90 Å². The van der Waals surface area contributed by atoms with E-state index in [1.165, 1.54) is 17.3 Å². The molecule has 0 bridgehead atoms. The van der Waals surface area contributed by atoms with Crippen LogP contribution in [0.25, 0.3) is 0 Å². The summed E-state index contributed by atoms with van der Waals surface area (Å²) in [6, 6.07) is 8.41. The van der Waals surface area contributed by atoms with Crippen LogP contribution < -0.4 is 4.90 Å². The zero-order valence-electron chi connectivity index (χ0n) is 13.7. The molecule has 2 aromatic rings. The summed E-state index contributed by atoms with van der Waals surface area (Å²) in [6.45, 7) is 5.85. The summed E-state index contributed by atoms with van der Waals surface area (Å²) < 4.78 is 5.11. The van der Waals surface area contributed by atoms with E-state index in [1.54, 1.807) is 6.92 Å². The minimum Gasteiger partial charge on any atom is -0.338 e. The van der Waals surface area contributed by atoms with Crippen LogP contribution in [0.15, 0.2) is 28.8 Å². The van der Waals surface area contributed by atoms with Crippen LogP contribution in [-0.4, -0.2) is 27.3 Å². The van der Waals surface area contributed by atoms with Gasteiger partial charge in [-0.3, -0.25) is 4.79 Å². The van der Waals surface area contributed by atoms with Crippen molar-refractivity contribution in [3.05, 3.63) is 41.5 Å². The van der Waals surface area contributed by atoms with Crippen LogP contribution in [0.4, 0.5) is 5.69 Å². The number of para-hydroxylation sites is 1. The first kappa shape index (κ1) is 16.1. The number of aromatic nitrogens is 2. The molecule has 1 aromatic carbocycles. The van der Waals surface area contributed by atoms with Crippen LogP contribution in [-0.2, 0) is 17.0 Å². The minimum absolute atomic E-state index is 0.144. The summed E-state index contributed by atoms with van der Waals surface area (Å²) in [5.74, 6) is 1.89. The van der Waals surface area contributed by atoms with Crippen molar-refractivity contribution < 1.29 is 9.32 Å². The van der Waals surface area contributed by atoms with E-state index in [1.807, 2.05) is 30.0 Å². The zero-order chi connectivity index (χ0) is 16.4. The van der Waals surface area contributed by atoms with Gasteiger partial charge < -0.3 is 9.42 Å². The Morgan fingerprint density at radius 2 is 2.26 bits per heavy atom. The molecule has 0 spiro atoms. The first-order chi connectivity index (χ1) is 11.1. The molecule has 2 atom stereocenters. The molecule has 1 aliphatic heterocycles. The molecule has 6 heteroatoms. The monoisotopic (exact) mass is 331 g/mol. The largest absolute Gasteiger partial charge is 0.338 e. The Morgan fingerprint density at radius 1 is 1.48 bits per heavy atom. The Hall–Kier alpha value is -1.82. The van der Waals surface area contributed by atoms with Crippen LogP contribution >= 0.6 is 11.8 Å². The second-order valence-electron chi connectivity index (χ2n) is 5.91. The number of hydrogen-bond donors (Lipinski definition) is 0. The maximum atomic E-state index is 12.9. The van der Waals surface area contributed by atoms with E-state index >= 15 is 0 Å².